The van der Waals surface area contributed by atoms with Crippen molar-refractivity contribution in [2.45, 2.75) is 32.7 Å². The first kappa shape index (κ1) is 19.4. The van der Waals surface area contributed by atoms with Crippen molar-refractivity contribution in [1.82, 2.24) is 5.32 Å². The second kappa shape index (κ2) is 7.72. The summed E-state index contributed by atoms with van der Waals surface area (Å²) < 4.78 is 25.1. The zero-order chi connectivity index (χ0) is 19.6. The van der Waals surface area contributed by atoms with Crippen molar-refractivity contribution in [2.24, 2.45) is 5.92 Å². The van der Waals surface area contributed by atoms with E-state index in [4.69, 9.17) is 0 Å². The number of carbonyl (C=O) groups excluding carboxylic acids is 1. The number of fused-ring (bicyclic) bond motifs is 1. The van der Waals surface area contributed by atoms with Crippen molar-refractivity contribution in [3.63, 3.8) is 0 Å². The third kappa shape index (κ3) is 4.50. The monoisotopic (exact) mass is 386 g/mol. The highest BCUT2D eigenvalue weighted by molar-refractivity contribution is 7.92. The van der Waals surface area contributed by atoms with Gasteiger partial charge >= 0.3 is 0 Å². The average Bonchev–Trinajstić information content (AvgIpc) is 3.05. The molecule has 2 aromatic carbocycles. The van der Waals surface area contributed by atoms with Gasteiger partial charge in [-0.2, -0.15) is 0 Å². The first-order valence-electron chi connectivity index (χ1n) is 9.22. The van der Waals surface area contributed by atoms with Crippen LogP contribution in [-0.4, -0.2) is 27.1 Å². The van der Waals surface area contributed by atoms with Crippen molar-refractivity contribution < 1.29 is 13.2 Å². The molecule has 0 bridgehead atoms. The van der Waals surface area contributed by atoms with Gasteiger partial charge in [-0.25, -0.2) is 8.42 Å². The number of rotatable bonds is 6. The van der Waals surface area contributed by atoms with E-state index in [-0.39, 0.29) is 11.9 Å². The molecule has 1 N–H and O–H groups in total. The first-order chi connectivity index (χ1) is 12.8. The van der Waals surface area contributed by atoms with Gasteiger partial charge in [0.25, 0.3) is 5.91 Å². The first-order valence-corrected chi connectivity index (χ1v) is 11.1. The molecule has 0 spiro atoms. The van der Waals surface area contributed by atoms with Crippen LogP contribution in [0, 0.1) is 5.92 Å². The van der Waals surface area contributed by atoms with Crippen molar-refractivity contribution in [3.05, 3.63) is 65.2 Å². The minimum atomic E-state index is -3.28. The quantitative estimate of drug-likeness (QED) is 0.826. The molecule has 0 saturated heterocycles. The fourth-order valence-corrected chi connectivity index (χ4v) is 4.49. The van der Waals surface area contributed by atoms with Gasteiger partial charge in [-0.3, -0.25) is 9.10 Å². The van der Waals surface area contributed by atoms with Crippen LogP contribution in [0.5, 0.6) is 0 Å². The molecule has 6 heteroatoms. The zero-order valence-corrected chi connectivity index (χ0v) is 16.8. The third-order valence-electron chi connectivity index (χ3n) is 4.81. The molecule has 0 radical (unpaired) electrons. The van der Waals surface area contributed by atoms with Gasteiger partial charge in [0.2, 0.25) is 10.0 Å². The fraction of sp³-hybridized carbons (Fsp3) is 0.381. The lowest BCUT2D eigenvalue weighted by molar-refractivity contribution is 0.0932. The molecule has 144 valence electrons. The number of benzene rings is 2. The largest absolute Gasteiger partial charge is 0.345 e. The number of carbonyl (C=O) groups is 1. The Hall–Kier alpha value is -2.34. The van der Waals surface area contributed by atoms with Crippen LogP contribution in [0.1, 0.15) is 47.8 Å². The molecule has 27 heavy (non-hydrogen) atoms. The van der Waals surface area contributed by atoms with Gasteiger partial charge < -0.3 is 5.32 Å². The maximum Gasteiger partial charge on any atom is 0.251 e. The molecule has 0 unspecified atom stereocenters. The van der Waals surface area contributed by atoms with Gasteiger partial charge in [0.15, 0.2) is 0 Å². The molecule has 2 aromatic rings. The normalized spacial score (nSPS) is 14.9. The van der Waals surface area contributed by atoms with Crippen LogP contribution in [0.3, 0.4) is 0 Å². The molecule has 0 aromatic heterocycles. The number of nitrogens with one attached hydrogen (secondary N) is 1. The molecular formula is C21H26N2O3S. The maximum atomic E-state index is 12.8. The minimum Gasteiger partial charge on any atom is -0.345 e. The summed E-state index contributed by atoms with van der Waals surface area (Å²) in [5.41, 5.74) is 3.22. The minimum absolute atomic E-state index is 0.0560. The van der Waals surface area contributed by atoms with Crippen molar-refractivity contribution >= 4 is 21.6 Å². The van der Waals surface area contributed by atoms with E-state index >= 15 is 0 Å². The van der Waals surface area contributed by atoms with E-state index in [9.17, 15) is 13.2 Å². The summed E-state index contributed by atoms with van der Waals surface area (Å²) in [6.45, 7) is 4.70. The molecule has 3 rings (SSSR count). The lowest BCUT2D eigenvalue weighted by Crippen LogP contribution is -2.29. The lowest BCUT2D eigenvalue weighted by atomic mass is 9.96. The van der Waals surface area contributed by atoms with E-state index in [2.05, 4.69) is 19.2 Å². The summed E-state index contributed by atoms with van der Waals surface area (Å²) in [6.07, 6.45) is 2.68. The van der Waals surface area contributed by atoms with Crippen molar-refractivity contribution in [2.75, 3.05) is 17.1 Å². The number of sulfonamides is 1. The van der Waals surface area contributed by atoms with Gasteiger partial charge in [-0.1, -0.05) is 44.2 Å². The summed E-state index contributed by atoms with van der Waals surface area (Å²) >= 11 is 0. The second-order valence-corrected chi connectivity index (χ2v) is 9.40. The van der Waals surface area contributed by atoms with E-state index < -0.39 is 10.0 Å². The van der Waals surface area contributed by atoms with Gasteiger partial charge in [0.05, 0.1) is 18.0 Å². The van der Waals surface area contributed by atoms with E-state index in [0.717, 1.165) is 17.5 Å². The zero-order valence-electron chi connectivity index (χ0n) is 16.0. The molecule has 5 nitrogen and oxygen atoms in total. The van der Waals surface area contributed by atoms with E-state index in [0.29, 0.717) is 30.1 Å². The Morgan fingerprint density at radius 3 is 2.48 bits per heavy atom. The van der Waals surface area contributed by atoms with E-state index in [1.165, 1.54) is 10.6 Å². The summed E-state index contributed by atoms with van der Waals surface area (Å²) in [5, 5.41) is 3.14. The Kier molecular flexibility index (Phi) is 5.56. The molecule has 1 amide bonds. The summed E-state index contributed by atoms with van der Waals surface area (Å²) in [4.78, 5) is 12.8. The van der Waals surface area contributed by atoms with Crippen LogP contribution in [0.2, 0.25) is 0 Å². The van der Waals surface area contributed by atoms with Crippen LogP contribution < -0.4 is 9.62 Å². The number of hydrogen-bond acceptors (Lipinski definition) is 3. The molecular weight excluding hydrogens is 360 g/mol. The molecule has 1 aliphatic rings. The highest BCUT2D eigenvalue weighted by Crippen LogP contribution is 2.31. The Morgan fingerprint density at radius 1 is 1.15 bits per heavy atom. The average molecular weight is 387 g/mol. The smallest absolute Gasteiger partial charge is 0.251 e. The van der Waals surface area contributed by atoms with E-state index in [1.807, 2.05) is 36.4 Å². The highest BCUT2D eigenvalue weighted by Gasteiger charge is 2.27. The van der Waals surface area contributed by atoms with Crippen molar-refractivity contribution in [1.29, 1.82) is 0 Å². The summed E-state index contributed by atoms with van der Waals surface area (Å²) in [7, 11) is -3.28. The SMILES string of the molecule is CC(C)C[C@@H](NC(=O)c1ccc2c(c1)CCN2S(C)(=O)=O)c1ccccc1. The van der Waals surface area contributed by atoms with Crippen LogP contribution in [0.25, 0.3) is 0 Å². The molecule has 1 atom stereocenters. The lowest BCUT2D eigenvalue weighted by Gasteiger charge is -2.21. The van der Waals surface area contributed by atoms with Gasteiger partial charge in [-0.15, -0.1) is 0 Å². The maximum absolute atomic E-state index is 12.8. The summed E-state index contributed by atoms with van der Waals surface area (Å²) in [5.74, 6) is 0.309. The van der Waals surface area contributed by atoms with Crippen LogP contribution in [-0.2, 0) is 16.4 Å². The topological polar surface area (TPSA) is 66.5 Å². The Morgan fingerprint density at radius 2 is 1.85 bits per heavy atom. The Labute approximate surface area is 161 Å². The molecule has 1 aliphatic heterocycles. The third-order valence-corrected chi connectivity index (χ3v) is 5.99. The number of anilines is 1. The van der Waals surface area contributed by atoms with Crippen molar-refractivity contribution in [3.8, 4) is 0 Å². The predicted molar refractivity (Wildman–Crippen MR) is 108 cm³/mol. The molecule has 0 saturated carbocycles. The predicted octanol–water partition coefficient (Wildman–Crippen LogP) is 3.53. The molecule has 1 heterocycles. The fourth-order valence-electron chi connectivity index (χ4n) is 3.53. The van der Waals surface area contributed by atoms with Gasteiger partial charge in [0, 0.05) is 12.1 Å². The highest BCUT2D eigenvalue weighted by atomic mass is 32.2. The molecule has 0 aliphatic carbocycles. The second-order valence-electron chi connectivity index (χ2n) is 7.49. The van der Waals surface area contributed by atoms with Crippen LogP contribution >= 0.6 is 0 Å². The van der Waals surface area contributed by atoms with Crippen LogP contribution in [0.15, 0.2) is 48.5 Å². The number of amides is 1. The summed E-state index contributed by atoms with van der Waals surface area (Å²) in [6, 6.07) is 15.2. The van der Waals surface area contributed by atoms with Gasteiger partial charge in [-0.05, 0) is 48.1 Å². The number of nitrogens with zero attached hydrogens (tertiary/aromatic N) is 1. The molecule has 0 fully saturated rings. The van der Waals surface area contributed by atoms with Gasteiger partial charge in [0.1, 0.15) is 0 Å². The standard InChI is InChI=1S/C21H26N2O3S/c1-15(2)13-19(16-7-5-4-6-8-16)22-21(24)18-9-10-20-17(14-18)11-12-23(20)27(3,25)26/h4-10,14-15,19H,11-13H2,1-3H3,(H,22,24)/t19-/m1/s1. The van der Waals surface area contributed by atoms with E-state index in [1.54, 1.807) is 12.1 Å². The Bertz CT molecular complexity index is 924. The Balaban J connectivity index is 1.81. The van der Waals surface area contributed by atoms with Crippen LogP contribution in [0.4, 0.5) is 5.69 Å². The number of hydrogen-bond donors (Lipinski definition) is 1.